The Bertz CT molecular complexity index is 587. The molecule has 1 atom stereocenters. The standard InChI is InChI=1S/C19H22ClN/c1-14-3-2-4-15(13-14)11-12-21-19(16-5-6-16)17-7-9-18(20)10-8-17/h2-4,7-10,13,16,19,21H,5-6,11-12H2,1H3. The SMILES string of the molecule is Cc1cccc(CCNC(c2ccc(Cl)cc2)C2CC2)c1. The van der Waals surface area contributed by atoms with Crippen molar-refractivity contribution in [2.45, 2.75) is 32.2 Å². The zero-order chi connectivity index (χ0) is 14.7. The van der Waals surface area contributed by atoms with Crippen molar-refractivity contribution in [1.82, 2.24) is 5.32 Å². The molecule has 0 heterocycles. The first-order valence-electron chi connectivity index (χ1n) is 7.77. The normalized spacial score (nSPS) is 15.9. The minimum Gasteiger partial charge on any atom is -0.309 e. The maximum Gasteiger partial charge on any atom is 0.0406 e. The van der Waals surface area contributed by atoms with Gasteiger partial charge in [-0.15, -0.1) is 0 Å². The Morgan fingerprint density at radius 3 is 2.57 bits per heavy atom. The van der Waals surface area contributed by atoms with Crippen molar-refractivity contribution >= 4 is 11.6 Å². The molecule has 0 radical (unpaired) electrons. The molecule has 0 amide bonds. The predicted octanol–water partition coefficient (Wildman–Crippen LogP) is 4.93. The molecule has 1 unspecified atom stereocenters. The lowest BCUT2D eigenvalue weighted by atomic mass is 10.0. The van der Waals surface area contributed by atoms with E-state index in [2.05, 4.69) is 48.6 Å². The van der Waals surface area contributed by atoms with E-state index in [1.807, 2.05) is 12.1 Å². The van der Waals surface area contributed by atoms with E-state index in [-0.39, 0.29) is 0 Å². The van der Waals surface area contributed by atoms with E-state index in [9.17, 15) is 0 Å². The summed E-state index contributed by atoms with van der Waals surface area (Å²) in [6.07, 6.45) is 3.76. The molecule has 110 valence electrons. The van der Waals surface area contributed by atoms with Crippen molar-refractivity contribution in [2.75, 3.05) is 6.54 Å². The summed E-state index contributed by atoms with van der Waals surface area (Å²) in [5.74, 6) is 0.795. The van der Waals surface area contributed by atoms with Gasteiger partial charge in [0, 0.05) is 11.1 Å². The molecule has 0 aromatic heterocycles. The van der Waals surface area contributed by atoms with Gasteiger partial charge in [-0.1, -0.05) is 53.6 Å². The van der Waals surface area contributed by atoms with Gasteiger partial charge in [0.25, 0.3) is 0 Å². The topological polar surface area (TPSA) is 12.0 Å². The summed E-state index contributed by atoms with van der Waals surface area (Å²) in [5, 5.41) is 4.56. The van der Waals surface area contributed by atoms with Gasteiger partial charge in [0.1, 0.15) is 0 Å². The average Bonchev–Trinajstić information content (AvgIpc) is 3.30. The fourth-order valence-electron chi connectivity index (χ4n) is 2.90. The van der Waals surface area contributed by atoms with Crippen LogP contribution in [0.1, 0.15) is 35.6 Å². The van der Waals surface area contributed by atoms with Crippen molar-refractivity contribution in [3.05, 3.63) is 70.2 Å². The molecule has 3 rings (SSSR count). The number of hydrogen-bond acceptors (Lipinski definition) is 1. The predicted molar refractivity (Wildman–Crippen MR) is 89.8 cm³/mol. The molecule has 1 aliphatic carbocycles. The van der Waals surface area contributed by atoms with Crippen LogP contribution in [0.25, 0.3) is 0 Å². The molecule has 2 heteroatoms. The van der Waals surface area contributed by atoms with Crippen LogP contribution >= 0.6 is 11.6 Å². The van der Waals surface area contributed by atoms with Crippen LogP contribution in [0.5, 0.6) is 0 Å². The number of halogens is 1. The van der Waals surface area contributed by atoms with Crippen molar-refractivity contribution in [1.29, 1.82) is 0 Å². The van der Waals surface area contributed by atoms with Gasteiger partial charge in [-0.2, -0.15) is 0 Å². The van der Waals surface area contributed by atoms with Crippen molar-refractivity contribution in [3.8, 4) is 0 Å². The molecule has 1 aliphatic rings. The third-order valence-electron chi connectivity index (χ3n) is 4.18. The van der Waals surface area contributed by atoms with Gasteiger partial charge in [-0.3, -0.25) is 0 Å². The van der Waals surface area contributed by atoms with E-state index in [4.69, 9.17) is 11.6 Å². The largest absolute Gasteiger partial charge is 0.309 e. The minimum atomic E-state index is 0.479. The van der Waals surface area contributed by atoms with Gasteiger partial charge >= 0.3 is 0 Å². The molecule has 2 aromatic carbocycles. The van der Waals surface area contributed by atoms with Crippen LogP contribution < -0.4 is 5.32 Å². The summed E-state index contributed by atoms with van der Waals surface area (Å²) in [6, 6.07) is 17.6. The summed E-state index contributed by atoms with van der Waals surface area (Å²) in [5.41, 5.74) is 4.11. The maximum absolute atomic E-state index is 5.99. The van der Waals surface area contributed by atoms with Gasteiger partial charge in [0.05, 0.1) is 0 Å². The summed E-state index contributed by atoms with van der Waals surface area (Å²) >= 11 is 5.99. The molecule has 1 saturated carbocycles. The Hall–Kier alpha value is -1.31. The minimum absolute atomic E-state index is 0.479. The van der Waals surface area contributed by atoms with E-state index < -0.39 is 0 Å². The highest BCUT2D eigenvalue weighted by Gasteiger charge is 2.31. The van der Waals surface area contributed by atoms with Gasteiger partial charge in [0.2, 0.25) is 0 Å². The monoisotopic (exact) mass is 299 g/mol. The highest BCUT2D eigenvalue weighted by atomic mass is 35.5. The quantitative estimate of drug-likeness (QED) is 0.797. The van der Waals surface area contributed by atoms with Crippen LogP contribution in [0.15, 0.2) is 48.5 Å². The zero-order valence-electron chi connectivity index (χ0n) is 12.5. The second-order valence-electron chi connectivity index (χ2n) is 6.06. The van der Waals surface area contributed by atoms with E-state index in [0.29, 0.717) is 6.04 Å². The molecule has 0 aliphatic heterocycles. The number of benzene rings is 2. The van der Waals surface area contributed by atoms with E-state index in [0.717, 1.165) is 23.9 Å². The molecule has 21 heavy (non-hydrogen) atoms. The number of rotatable bonds is 6. The van der Waals surface area contributed by atoms with Crippen molar-refractivity contribution in [3.63, 3.8) is 0 Å². The Labute approximate surface area is 132 Å². The van der Waals surface area contributed by atoms with Crippen LogP contribution in [0.4, 0.5) is 0 Å². The van der Waals surface area contributed by atoms with Gasteiger partial charge in [0.15, 0.2) is 0 Å². The molecule has 0 spiro atoms. The average molecular weight is 300 g/mol. The van der Waals surface area contributed by atoms with Crippen molar-refractivity contribution in [2.24, 2.45) is 5.92 Å². The fraction of sp³-hybridized carbons (Fsp3) is 0.368. The molecular weight excluding hydrogens is 278 g/mol. The molecule has 2 aromatic rings. The van der Waals surface area contributed by atoms with Crippen LogP contribution in [-0.4, -0.2) is 6.54 Å². The van der Waals surface area contributed by atoms with Crippen LogP contribution in [0, 0.1) is 12.8 Å². The third-order valence-corrected chi connectivity index (χ3v) is 4.43. The Morgan fingerprint density at radius 1 is 1.14 bits per heavy atom. The van der Waals surface area contributed by atoms with Crippen LogP contribution in [0.3, 0.4) is 0 Å². The first kappa shape index (κ1) is 14.6. The zero-order valence-corrected chi connectivity index (χ0v) is 13.2. The molecular formula is C19H22ClN. The highest BCUT2D eigenvalue weighted by Crippen LogP contribution is 2.41. The second-order valence-corrected chi connectivity index (χ2v) is 6.50. The summed E-state index contributed by atoms with van der Waals surface area (Å²) in [7, 11) is 0. The molecule has 1 fully saturated rings. The number of hydrogen-bond donors (Lipinski definition) is 1. The lowest BCUT2D eigenvalue weighted by Crippen LogP contribution is -2.25. The Balaban J connectivity index is 1.60. The molecule has 0 saturated heterocycles. The van der Waals surface area contributed by atoms with Crippen molar-refractivity contribution < 1.29 is 0 Å². The Kier molecular flexibility index (Phi) is 4.62. The first-order chi connectivity index (χ1) is 10.2. The van der Waals surface area contributed by atoms with Crippen LogP contribution in [-0.2, 0) is 6.42 Å². The molecule has 1 nitrogen and oxygen atoms in total. The summed E-state index contributed by atoms with van der Waals surface area (Å²) < 4.78 is 0. The number of nitrogens with one attached hydrogen (secondary N) is 1. The maximum atomic E-state index is 5.99. The lowest BCUT2D eigenvalue weighted by Gasteiger charge is -2.19. The third kappa shape index (κ3) is 4.09. The number of aryl methyl sites for hydroxylation is 1. The highest BCUT2D eigenvalue weighted by molar-refractivity contribution is 6.30. The summed E-state index contributed by atoms with van der Waals surface area (Å²) in [4.78, 5) is 0. The fourth-order valence-corrected chi connectivity index (χ4v) is 3.02. The van der Waals surface area contributed by atoms with Gasteiger partial charge in [-0.25, -0.2) is 0 Å². The lowest BCUT2D eigenvalue weighted by molar-refractivity contribution is 0.484. The second kappa shape index (κ2) is 6.64. The first-order valence-corrected chi connectivity index (χ1v) is 8.14. The Morgan fingerprint density at radius 2 is 1.90 bits per heavy atom. The van der Waals surface area contributed by atoms with Gasteiger partial charge < -0.3 is 5.32 Å². The smallest absolute Gasteiger partial charge is 0.0406 e. The van der Waals surface area contributed by atoms with E-state index in [1.165, 1.54) is 29.5 Å². The van der Waals surface area contributed by atoms with E-state index in [1.54, 1.807) is 0 Å². The molecule has 0 bridgehead atoms. The molecule has 1 N–H and O–H groups in total. The van der Waals surface area contributed by atoms with E-state index >= 15 is 0 Å². The van der Waals surface area contributed by atoms with Gasteiger partial charge in [-0.05, 0) is 61.9 Å². The summed E-state index contributed by atoms with van der Waals surface area (Å²) in [6.45, 7) is 3.17. The van der Waals surface area contributed by atoms with Crippen LogP contribution in [0.2, 0.25) is 5.02 Å².